The number of carbonyl (C=O) groups is 1. The number of methoxy groups -OCH3 is 1. The van der Waals surface area contributed by atoms with E-state index in [0.717, 1.165) is 28.7 Å². The van der Waals surface area contributed by atoms with E-state index in [4.69, 9.17) is 10.5 Å². The summed E-state index contributed by atoms with van der Waals surface area (Å²) in [6.45, 7) is 8.43. The fourth-order valence-electron chi connectivity index (χ4n) is 3.74. The SMILES string of the molecule is CC[C@@H](C)c1cncc(NC(=O)c2c(N)ncn(-c3c(C)cc(COC)cc3C)c2=O)c1. The Hall–Kier alpha value is -3.52. The van der Waals surface area contributed by atoms with Gasteiger partial charge >= 0.3 is 0 Å². The van der Waals surface area contributed by atoms with Crippen LogP contribution in [0.2, 0.25) is 0 Å². The van der Waals surface area contributed by atoms with E-state index in [9.17, 15) is 9.59 Å². The standard InChI is InChI=1S/C24H29N5O3/c1-6-14(2)18-9-19(11-26-10-18)28-23(30)20-22(25)27-13-29(24(20)31)21-15(3)7-17(12-32-5)8-16(21)4/h7-11,13-14H,6,12,25H2,1-5H3,(H,28,30)/t14-/m1/s1. The molecular formula is C24H29N5O3. The van der Waals surface area contributed by atoms with Gasteiger partial charge < -0.3 is 15.8 Å². The molecule has 0 aliphatic heterocycles. The predicted molar refractivity (Wildman–Crippen MR) is 125 cm³/mol. The van der Waals surface area contributed by atoms with Gasteiger partial charge in [-0.25, -0.2) is 4.98 Å². The lowest BCUT2D eigenvalue weighted by atomic mass is 10.0. The Balaban J connectivity index is 2.01. The number of nitrogens with one attached hydrogen (secondary N) is 1. The number of carbonyl (C=O) groups excluding carboxylic acids is 1. The molecule has 0 unspecified atom stereocenters. The van der Waals surface area contributed by atoms with Crippen molar-refractivity contribution in [1.29, 1.82) is 0 Å². The van der Waals surface area contributed by atoms with Crippen LogP contribution in [0.5, 0.6) is 0 Å². The second-order valence-electron chi connectivity index (χ2n) is 7.96. The number of rotatable bonds is 7. The molecule has 3 aromatic rings. The number of hydrogen-bond donors (Lipinski definition) is 2. The molecule has 2 aromatic heterocycles. The van der Waals surface area contributed by atoms with Crippen molar-refractivity contribution in [3.8, 4) is 5.69 Å². The zero-order valence-corrected chi connectivity index (χ0v) is 19.1. The number of aromatic nitrogens is 3. The molecule has 3 N–H and O–H groups in total. The van der Waals surface area contributed by atoms with Crippen LogP contribution in [0.25, 0.3) is 5.69 Å². The van der Waals surface area contributed by atoms with Crippen molar-refractivity contribution in [3.63, 3.8) is 0 Å². The van der Waals surface area contributed by atoms with Gasteiger partial charge in [0.1, 0.15) is 17.7 Å². The third-order valence-corrected chi connectivity index (χ3v) is 5.53. The lowest BCUT2D eigenvalue weighted by Gasteiger charge is -2.16. The fourth-order valence-corrected chi connectivity index (χ4v) is 3.74. The predicted octanol–water partition coefficient (Wildman–Crippen LogP) is 3.74. The molecule has 0 aliphatic carbocycles. The normalized spacial score (nSPS) is 11.9. The van der Waals surface area contributed by atoms with Crippen molar-refractivity contribution in [2.75, 3.05) is 18.2 Å². The minimum absolute atomic E-state index is 0.124. The van der Waals surface area contributed by atoms with E-state index >= 15 is 0 Å². The highest BCUT2D eigenvalue weighted by atomic mass is 16.5. The van der Waals surface area contributed by atoms with Crippen molar-refractivity contribution >= 4 is 17.4 Å². The van der Waals surface area contributed by atoms with Crippen LogP contribution in [-0.2, 0) is 11.3 Å². The lowest BCUT2D eigenvalue weighted by molar-refractivity contribution is 0.102. The summed E-state index contributed by atoms with van der Waals surface area (Å²) in [6, 6.07) is 5.74. The summed E-state index contributed by atoms with van der Waals surface area (Å²) in [5.74, 6) is -0.447. The maximum atomic E-state index is 13.3. The molecule has 1 atom stereocenters. The Morgan fingerprint density at radius 3 is 2.53 bits per heavy atom. The molecule has 0 spiro atoms. The monoisotopic (exact) mass is 435 g/mol. The van der Waals surface area contributed by atoms with Gasteiger partial charge in [0.2, 0.25) is 0 Å². The Labute approximate surface area is 187 Å². The average Bonchev–Trinajstić information content (AvgIpc) is 2.74. The van der Waals surface area contributed by atoms with Crippen molar-refractivity contribution in [2.24, 2.45) is 0 Å². The van der Waals surface area contributed by atoms with Crippen LogP contribution in [0, 0.1) is 13.8 Å². The van der Waals surface area contributed by atoms with Gasteiger partial charge in [-0.05, 0) is 54.5 Å². The van der Waals surface area contributed by atoms with Gasteiger partial charge in [0, 0.05) is 13.3 Å². The first kappa shape index (κ1) is 23.1. The largest absolute Gasteiger partial charge is 0.383 e. The molecule has 0 saturated carbocycles. The number of aryl methyl sites for hydroxylation is 2. The van der Waals surface area contributed by atoms with Gasteiger partial charge in [-0.3, -0.25) is 19.1 Å². The average molecular weight is 436 g/mol. The zero-order chi connectivity index (χ0) is 23.4. The molecule has 8 nitrogen and oxygen atoms in total. The number of benzene rings is 1. The van der Waals surface area contributed by atoms with Crippen molar-refractivity contribution < 1.29 is 9.53 Å². The molecule has 0 radical (unpaired) electrons. The van der Waals surface area contributed by atoms with Gasteiger partial charge in [0.25, 0.3) is 11.5 Å². The third kappa shape index (κ3) is 4.70. The Morgan fingerprint density at radius 2 is 1.91 bits per heavy atom. The molecule has 3 rings (SSSR count). The topological polar surface area (TPSA) is 112 Å². The van der Waals surface area contributed by atoms with Gasteiger partial charge in [0.15, 0.2) is 0 Å². The first-order valence-electron chi connectivity index (χ1n) is 10.5. The second kappa shape index (κ2) is 9.74. The summed E-state index contributed by atoms with van der Waals surface area (Å²) in [7, 11) is 1.63. The summed E-state index contributed by atoms with van der Waals surface area (Å²) in [6.07, 6.45) is 5.61. The number of pyridine rings is 1. The first-order valence-corrected chi connectivity index (χ1v) is 10.5. The molecule has 32 heavy (non-hydrogen) atoms. The van der Waals surface area contributed by atoms with Crippen molar-refractivity contribution in [3.05, 3.63) is 75.1 Å². The minimum atomic E-state index is -0.622. The maximum Gasteiger partial charge on any atom is 0.272 e. The van der Waals surface area contributed by atoms with Gasteiger partial charge in [-0.2, -0.15) is 0 Å². The number of ether oxygens (including phenoxy) is 1. The highest BCUT2D eigenvalue weighted by Crippen LogP contribution is 2.22. The molecule has 0 fully saturated rings. The molecule has 1 aromatic carbocycles. The summed E-state index contributed by atoms with van der Waals surface area (Å²) in [5, 5.41) is 2.74. The number of nitrogens with zero attached hydrogens (tertiary/aromatic N) is 3. The van der Waals surface area contributed by atoms with E-state index in [0.29, 0.717) is 23.9 Å². The number of hydrogen-bond acceptors (Lipinski definition) is 6. The minimum Gasteiger partial charge on any atom is -0.383 e. The Kier molecular flexibility index (Phi) is 7.05. The first-order chi connectivity index (χ1) is 15.3. The molecule has 0 bridgehead atoms. The zero-order valence-electron chi connectivity index (χ0n) is 19.1. The maximum absolute atomic E-state index is 13.3. The highest BCUT2D eigenvalue weighted by Gasteiger charge is 2.21. The van der Waals surface area contributed by atoms with Crippen LogP contribution in [-0.4, -0.2) is 27.6 Å². The van der Waals surface area contributed by atoms with E-state index in [1.165, 1.54) is 17.1 Å². The molecule has 1 amide bonds. The number of nitrogens with two attached hydrogens (primary N) is 1. The molecule has 0 saturated heterocycles. The molecule has 8 heteroatoms. The van der Waals surface area contributed by atoms with E-state index in [1.54, 1.807) is 13.3 Å². The number of anilines is 2. The van der Waals surface area contributed by atoms with Crippen molar-refractivity contribution in [2.45, 2.75) is 46.6 Å². The van der Waals surface area contributed by atoms with Crippen LogP contribution in [0.3, 0.4) is 0 Å². The van der Waals surface area contributed by atoms with E-state index in [-0.39, 0.29) is 11.4 Å². The summed E-state index contributed by atoms with van der Waals surface area (Å²) < 4.78 is 6.57. The van der Waals surface area contributed by atoms with E-state index in [2.05, 4.69) is 29.1 Å². The Bertz CT molecular complexity index is 1180. The summed E-state index contributed by atoms with van der Waals surface area (Å²) in [4.78, 5) is 34.6. The van der Waals surface area contributed by atoms with Gasteiger partial charge in [0.05, 0.1) is 24.2 Å². The molecular weight excluding hydrogens is 406 g/mol. The molecule has 0 aliphatic rings. The summed E-state index contributed by atoms with van der Waals surface area (Å²) >= 11 is 0. The quantitative estimate of drug-likeness (QED) is 0.585. The fraction of sp³-hybridized carbons (Fsp3) is 0.333. The molecule has 2 heterocycles. The third-order valence-electron chi connectivity index (χ3n) is 5.53. The van der Waals surface area contributed by atoms with Crippen LogP contribution < -0.4 is 16.6 Å². The van der Waals surface area contributed by atoms with Crippen LogP contribution in [0.1, 0.15) is 58.8 Å². The van der Waals surface area contributed by atoms with Gasteiger partial charge in [-0.1, -0.05) is 26.0 Å². The van der Waals surface area contributed by atoms with Crippen LogP contribution in [0.4, 0.5) is 11.5 Å². The summed E-state index contributed by atoms with van der Waals surface area (Å²) in [5.41, 5.74) is 10.1. The smallest absolute Gasteiger partial charge is 0.272 e. The number of nitrogen functional groups attached to an aromatic ring is 1. The second-order valence-corrected chi connectivity index (χ2v) is 7.96. The Morgan fingerprint density at radius 1 is 1.22 bits per heavy atom. The molecule has 168 valence electrons. The lowest BCUT2D eigenvalue weighted by Crippen LogP contribution is -2.31. The van der Waals surface area contributed by atoms with Crippen LogP contribution in [0.15, 0.2) is 41.7 Å². The number of amides is 1. The van der Waals surface area contributed by atoms with Crippen molar-refractivity contribution in [1.82, 2.24) is 14.5 Å². The van der Waals surface area contributed by atoms with E-state index in [1.807, 2.05) is 32.0 Å². The highest BCUT2D eigenvalue weighted by molar-refractivity contribution is 6.06. The van der Waals surface area contributed by atoms with Crippen LogP contribution >= 0.6 is 0 Å². The van der Waals surface area contributed by atoms with E-state index < -0.39 is 11.5 Å². The van der Waals surface area contributed by atoms with Gasteiger partial charge in [-0.15, -0.1) is 0 Å².